The van der Waals surface area contributed by atoms with E-state index < -0.39 is 0 Å². The Morgan fingerprint density at radius 2 is 1.88 bits per heavy atom. The van der Waals surface area contributed by atoms with Gasteiger partial charge in [0, 0.05) is 38.7 Å². The first-order valence-corrected chi connectivity index (χ1v) is 9.82. The molecule has 3 heterocycles. The lowest BCUT2D eigenvalue weighted by Crippen LogP contribution is -2.49. The Kier molecular flexibility index (Phi) is 7.63. The molecule has 1 amide bonds. The number of nitrogens with one attached hydrogen (secondary N) is 1. The third-order valence-corrected chi connectivity index (χ3v) is 4.53. The van der Waals surface area contributed by atoms with E-state index in [9.17, 15) is 4.79 Å². The van der Waals surface area contributed by atoms with Crippen molar-refractivity contribution in [1.29, 1.82) is 0 Å². The molecule has 26 heavy (non-hydrogen) atoms. The zero-order valence-electron chi connectivity index (χ0n) is 16.8. The third kappa shape index (κ3) is 5.06. The number of aromatic nitrogens is 2. The Morgan fingerprint density at radius 3 is 2.38 bits per heavy atom. The van der Waals surface area contributed by atoms with Crippen LogP contribution in [0, 0.1) is 0 Å². The van der Waals surface area contributed by atoms with Crippen molar-refractivity contribution >= 4 is 17.7 Å². The smallest absolute Gasteiger partial charge is 0.227 e. The van der Waals surface area contributed by atoms with Crippen molar-refractivity contribution in [2.24, 2.45) is 0 Å². The third-order valence-electron chi connectivity index (χ3n) is 4.53. The molecule has 7 heteroatoms. The number of amides is 1. The molecule has 0 radical (unpaired) electrons. The van der Waals surface area contributed by atoms with E-state index in [1.165, 1.54) is 0 Å². The quantitative estimate of drug-likeness (QED) is 0.867. The van der Waals surface area contributed by atoms with Gasteiger partial charge in [-0.3, -0.25) is 4.79 Å². The Morgan fingerprint density at radius 1 is 1.23 bits per heavy atom. The lowest BCUT2D eigenvalue weighted by atomic mass is 10.1. The summed E-state index contributed by atoms with van der Waals surface area (Å²) < 4.78 is 5.22. The Bertz CT molecular complexity index is 581. The number of rotatable bonds is 5. The van der Waals surface area contributed by atoms with Crippen LogP contribution in [0.4, 0.5) is 11.8 Å². The molecule has 2 aliphatic heterocycles. The normalized spacial score (nSPS) is 17.5. The van der Waals surface area contributed by atoms with Crippen LogP contribution in [0.1, 0.15) is 52.7 Å². The number of hydrogen-bond acceptors (Lipinski definition) is 6. The summed E-state index contributed by atoms with van der Waals surface area (Å²) in [5.74, 6) is 2.18. The van der Waals surface area contributed by atoms with E-state index in [1.807, 2.05) is 31.7 Å². The Balaban J connectivity index is 0.00000117. The van der Waals surface area contributed by atoms with Gasteiger partial charge in [0.25, 0.3) is 0 Å². The fourth-order valence-corrected chi connectivity index (χ4v) is 2.87. The van der Waals surface area contributed by atoms with Crippen LogP contribution in [-0.2, 0) is 9.53 Å². The molecule has 2 fully saturated rings. The van der Waals surface area contributed by atoms with Crippen molar-refractivity contribution in [3.63, 3.8) is 0 Å². The highest BCUT2D eigenvalue weighted by Gasteiger charge is 2.24. The van der Waals surface area contributed by atoms with E-state index in [2.05, 4.69) is 24.1 Å². The molecule has 3 rings (SSSR count). The van der Waals surface area contributed by atoms with Gasteiger partial charge in [-0.2, -0.15) is 4.98 Å². The lowest BCUT2D eigenvalue weighted by Gasteiger charge is -2.35. The molecular formula is C19H33N5O2. The van der Waals surface area contributed by atoms with Crippen molar-refractivity contribution < 1.29 is 9.53 Å². The largest absolute Gasteiger partial charge is 0.377 e. The second-order valence-corrected chi connectivity index (χ2v) is 6.73. The molecule has 7 nitrogen and oxygen atoms in total. The minimum atomic E-state index is 0.221. The summed E-state index contributed by atoms with van der Waals surface area (Å²) in [6.07, 6.45) is 0.566. The van der Waals surface area contributed by atoms with Gasteiger partial charge in [0.15, 0.2) is 0 Å². The Hall–Kier alpha value is -1.89. The van der Waals surface area contributed by atoms with Crippen LogP contribution in [0.5, 0.6) is 0 Å². The van der Waals surface area contributed by atoms with Gasteiger partial charge < -0.3 is 19.9 Å². The van der Waals surface area contributed by atoms with E-state index in [0.29, 0.717) is 18.4 Å². The van der Waals surface area contributed by atoms with Gasteiger partial charge in [0.2, 0.25) is 11.9 Å². The minimum Gasteiger partial charge on any atom is -0.377 e. The number of carbonyl (C=O) groups excluding carboxylic acids is 1. The molecule has 2 saturated heterocycles. The van der Waals surface area contributed by atoms with E-state index in [1.54, 1.807) is 0 Å². The van der Waals surface area contributed by atoms with Gasteiger partial charge in [0.1, 0.15) is 5.82 Å². The highest BCUT2D eigenvalue weighted by atomic mass is 16.5. The molecule has 146 valence electrons. The van der Waals surface area contributed by atoms with Crippen LogP contribution in [-0.4, -0.2) is 66.2 Å². The van der Waals surface area contributed by atoms with E-state index in [0.717, 1.165) is 56.9 Å². The maximum Gasteiger partial charge on any atom is 0.227 e. The zero-order valence-corrected chi connectivity index (χ0v) is 16.8. The van der Waals surface area contributed by atoms with Gasteiger partial charge in [-0.1, -0.05) is 34.6 Å². The average molecular weight is 364 g/mol. The number of anilines is 2. The zero-order chi connectivity index (χ0) is 19.1. The lowest BCUT2D eigenvalue weighted by molar-refractivity contribution is -0.131. The number of ether oxygens (including phenoxy) is 1. The molecule has 2 aliphatic rings. The van der Waals surface area contributed by atoms with Crippen LogP contribution < -0.4 is 10.2 Å². The van der Waals surface area contributed by atoms with E-state index in [-0.39, 0.29) is 5.91 Å². The molecule has 1 N–H and O–H groups in total. The van der Waals surface area contributed by atoms with Crippen molar-refractivity contribution in [3.05, 3.63) is 11.8 Å². The summed E-state index contributed by atoms with van der Waals surface area (Å²) in [6.45, 7) is 14.7. The summed E-state index contributed by atoms with van der Waals surface area (Å²) in [7, 11) is 0. The van der Waals surface area contributed by atoms with Crippen LogP contribution in [0.15, 0.2) is 6.07 Å². The van der Waals surface area contributed by atoms with Gasteiger partial charge in [-0.05, 0) is 5.92 Å². The monoisotopic (exact) mass is 363 g/mol. The molecule has 0 saturated carbocycles. The number of carbonyl (C=O) groups is 1. The fraction of sp³-hybridized carbons (Fsp3) is 0.737. The molecule has 1 aromatic heterocycles. The van der Waals surface area contributed by atoms with Crippen molar-refractivity contribution in [2.75, 3.05) is 49.6 Å². The highest BCUT2D eigenvalue weighted by molar-refractivity contribution is 5.76. The van der Waals surface area contributed by atoms with Crippen LogP contribution in [0.3, 0.4) is 0 Å². The van der Waals surface area contributed by atoms with Gasteiger partial charge in [0.05, 0.1) is 24.9 Å². The van der Waals surface area contributed by atoms with Crippen LogP contribution in [0.2, 0.25) is 0 Å². The predicted octanol–water partition coefficient (Wildman–Crippen LogP) is 2.50. The summed E-state index contributed by atoms with van der Waals surface area (Å²) in [5.41, 5.74) is 1.04. The average Bonchev–Trinajstić information content (AvgIpc) is 2.65. The molecular weight excluding hydrogens is 330 g/mol. The van der Waals surface area contributed by atoms with E-state index in [4.69, 9.17) is 14.7 Å². The summed E-state index contributed by atoms with van der Waals surface area (Å²) in [5, 5.41) is 3.42. The molecule has 0 aliphatic carbocycles. The van der Waals surface area contributed by atoms with Gasteiger partial charge >= 0.3 is 0 Å². The molecule has 0 spiro atoms. The van der Waals surface area contributed by atoms with Crippen LogP contribution in [0.25, 0.3) is 0 Å². The van der Waals surface area contributed by atoms with Gasteiger partial charge in [-0.25, -0.2) is 4.98 Å². The second-order valence-electron chi connectivity index (χ2n) is 6.73. The molecule has 1 aromatic rings. The molecule has 0 aromatic carbocycles. The minimum absolute atomic E-state index is 0.221. The number of piperazine rings is 1. The summed E-state index contributed by atoms with van der Waals surface area (Å²) in [4.78, 5) is 25.4. The highest BCUT2D eigenvalue weighted by Crippen LogP contribution is 2.22. The first-order valence-electron chi connectivity index (χ1n) is 9.82. The topological polar surface area (TPSA) is 70.6 Å². The standard InChI is InChI=1S/C17H27N5O2.C2H6/c1-4-16(23)21-5-7-22(8-6-21)17-19-14(12(2)3)9-15(20-17)18-13-10-24-11-13;1-2/h9,12-13H,4-8,10-11H2,1-3H3,(H,18,19,20);1-2H3. The fourth-order valence-electron chi connectivity index (χ4n) is 2.87. The maximum absolute atomic E-state index is 11.8. The summed E-state index contributed by atoms with van der Waals surface area (Å²) in [6, 6.07) is 2.37. The molecule has 0 atom stereocenters. The number of hydrogen-bond donors (Lipinski definition) is 1. The predicted molar refractivity (Wildman–Crippen MR) is 105 cm³/mol. The van der Waals surface area contributed by atoms with Crippen molar-refractivity contribution in [1.82, 2.24) is 14.9 Å². The SMILES string of the molecule is CC.CCC(=O)N1CCN(c2nc(NC3COC3)cc(C(C)C)n2)CC1. The first-order chi connectivity index (χ1) is 12.6. The van der Waals surface area contributed by atoms with Crippen molar-refractivity contribution in [3.8, 4) is 0 Å². The maximum atomic E-state index is 11.8. The van der Waals surface area contributed by atoms with Gasteiger partial charge in [-0.15, -0.1) is 0 Å². The number of nitrogens with zero attached hydrogens (tertiary/aromatic N) is 4. The van der Waals surface area contributed by atoms with Crippen LogP contribution >= 0.6 is 0 Å². The Labute approximate surface area is 157 Å². The summed E-state index contributed by atoms with van der Waals surface area (Å²) >= 11 is 0. The van der Waals surface area contributed by atoms with Crippen molar-refractivity contribution in [2.45, 2.75) is 53.0 Å². The molecule has 0 unspecified atom stereocenters. The first kappa shape index (κ1) is 20.4. The molecule has 0 bridgehead atoms. The second kappa shape index (κ2) is 9.71. The van der Waals surface area contributed by atoms with E-state index >= 15 is 0 Å².